The van der Waals surface area contributed by atoms with E-state index in [2.05, 4.69) is 52.0 Å². The fourth-order valence-corrected chi connectivity index (χ4v) is 11.3. The van der Waals surface area contributed by atoms with Gasteiger partial charge in [0.2, 0.25) is 0 Å². The smallest absolute Gasteiger partial charge is 0.302 e. The fourth-order valence-electron chi connectivity index (χ4n) is 11.3. The van der Waals surface area contributed by atoms with Crippen LogP contribution in [0.25, 0.3) is 0 Å². The van der Waals surface area contributed by atoms with Crippen LogP contribution in [-0.2, 0) is 35.1 Å². The van der Waals surface area contributed by atoms with Crippen molar-refractivity contribution in [1.82, 2.24) is 0 Å². The third kappa shape index (κ3) is 5.99. The zero-order valence-electron chi connectivity index (χ0n) is 28.0. The van der Waals surface area contributed by atoms with Gasteiger partial charge in [0.05, 0.1) is 31.5 Å². The highest BCUT2D eigenvalue weighted by atomic mass is 16.5. The number of carbonyl (C=O) groups is 2. The van der Waals surface area contributed by atoms with Crippen LogP contribution in [0.4, 0.5) is 0 Å². The quantitative estimate of drug-likeness (QED) is 0.267. The van der Waals surface area contributed by atoms with Crippen LogP contribution in [0.15, 0.2) is 30.3 Å². The van der Waals surface area contributed by atoms with E-state index in [4.69, 9.17) is 18.9 Å². The van der Waals surface area contributed by atoms with E-state index in [-0.39, 0.29) is 41.1 Å². The molecule has 1 aliphatic heterocycles. The van der Waals surface area contributed by atoms with E-state index in [1.54, 1.807) is 6.92 Å². The second-order valence-corrected chi connectivity index (χ2v) is 15.9. The SMILES string of the molecule is CC(=O)OC[C@H](C)CC[C@H]1O[C@H]2C[C@H]3[C@@H]4C[C@H](OC(C)=O)[C@H]5C[C@@H](OCc6ccccc6)CC[C@]5(C)[C@H]4CC[C@]3(C)[C@H]2[C@@H]1C. The van der Waals surface area contributed by atoms with Gasteiger partial charge in [0.1, 0.15) is 6.10 Å². The average molecular weight is 609 g/mol. The van der Waals surface area contributed by atoms with Gasteiger partial charge < -0.3 is 18.9 Å². The van der Waals surface area contributed by atoms with Crippen molar-refractivity contribution in [3.63, 3.8) is 0 Å². The Bertz CT molecular complexity index is 1170. The van der Waals surface area contributed by atoms with Crippen molar-refractivity contribution in [3.8, 4) is 0 Å². The summed E-state index contributed by atoms with van der Waals surface area (Å²) in [7, 11) is 0. The molecule has 0 aromatic heterocycles. The molecular weight excluding hydrogens is 552 g/mol. The topological polar surface area (TPSA) is 71.1 Å². The molecule has 1 saturated heterocycles. The Morgan fingerprint density at radius 1 is 0.955 bits per heavy atom. The van der Waals surface area contributed by atoms with Gasteiger partial charge in [0.25, 0.3) is 0 Å². The zero-order valence-corrected chi connectivity index (χ0v) is 28.0. The number of rotatable bonds is 9. The second kappa shape index (κ2) is 12.7. The lowest BCUT2D eigenvalue weighted by molar-refractivity contribution is -0.196. The summed E-state index contributed by atoms with van der Waals surface area (Å²) in [5.74, 6) is 3.32. The molecule has 6 rings (SSSR count). The molecule has 44 heavy (non-hydrogen) atoms. The molecule has 0 spiro atoms. The molecule has 13 atom stereocenters. The number of esters is 2. The molecular formula is C38H56O6. The Hall–Kier alpha value is -1.92. The molecule has 6 nitrogen and oxygen atoms in total. The van der Waals surface area contributed by atoms with E-state index >= 15 is 0 Å². The molecule has 1 aromatic rings. The molecule has 244 valence electrons. The Balaban J connectivity index is 1.14. The van der Waals surface area contributed by atoms with Gasteiger partial charge in [-0.3, -0.25) is 9.59 Å². The maximum Gasteiger partial charge on any atom is 0.302 e. The van der Waals surface area contributed by atoms with E-state index in [0.29, 0.717) is 60.7 Å². The van der Waals surface area contributed by atoms with Gasteiger partial charge in [-0.1, -0.05) is 58.0 Å². The largest absolute Gasteiger partial charge is 0.466 e. The molecule has 0 bridgehead atoms. The highest BCUT2D eigenvalue weighted by molar-refractivity contribution is 5.66. The first kappa shape index (κ1) is 32.0. The Morgan fingerprint density at radius 3 is 2.43 bits per heavy atom. The van der Waals surface area contributed by atoms with Crippen molar-refractivity contribution in [1.29, 1.82) is 0 Å². The highest BCUT2D eigenvalue weighted by Crippen LogP contribution is 2.70. The fraction of sp³-hybridized carbons (Fsp3) is 0.789. The van der Waals surface area contributed by atoms with Crippen LogP contribution in [0.1, 0.15) is 105 Å². The summed E-state index contributed by atoms with van der Waals surface area (Å²) in [4.78, 5) is 23.7. The molecule has 0 unspecified atom stereocenters. The van der Waals surface area contributed by atoms with E-state index in [9.17, 15) is 9.59 Å². The summed E-state index contributed by atoms with van der Waals surface area (Å²) in [5, 5.41) is 0. The minimum absolute atomic E-state index is 0.0329. The molecule has 0 radical (unpaired) electrons. The number of fused-ring (bicyclic) bond motifs is 7. The predicted octanol–water partition coefficient (Wildman–Crippen LogP) is 7.77. The maximum atomic E-state index is 12.5. The van der Waals surface area contributed by atoms with E-state index in [1.165, 1.54) is 25.3 Å². The third-order valence-corrected chi connectivity index (χ3v) is 13.4. The lowest BCUT2D eigenvalue weighted by atomic mass is 9.43. The summed E-state index contributed by atoms with van der Waals surface area (Å²) in [6.45, 7) is 13.9. The number of benzene rings is 1. The molecule has 0 amide bonds. The van der Waals surface area contributed by atoms with Crippen molar-refractivity contribution >= 4 is 11.9 Å². The number of hydrogen-bond acceptors (Lipinski definition) is 6. The molecule has 4 saturated carbocycles. The molecule has 0 N–H and O–H groups in total. The molecule has 1 aromatic carbocycles. The lowest BCUT2D eigenvalue weighted by Gasteiger charge is -2.62. The summed E-state index contributed by atoms with van der Waals surface area (Å²) in [5.41, 5.74) is 1.65. The van der Waals surface area contributed by atoms with Crippen LogP contribution in [-0.4, -0.2) is 43.0 Å². The number of carbonyl (C=O) groups excluding carboxylic acids is 2. The van der Waals surface area contributed by atoms with Crippen molar-refractivity contribution < 1.29 is 28.5 Å². The zero-order chi connectivity index (χ0) is 31.2. The van der Waals surface area contributed by atoms with Crippen LogP contribution in [0.2, 0.25) is 0 Å². The van der Waals surface area contributed by atoms with Crippen molar-refractivity contribution in [2.24, 2.45) is 52.3 Å². The molecule has 6 heteroatoms. The van der Waals surface area contributed by atoms with Crippen LogP contribution < -0.4 is 0 Å². The number of hydrogen-bond donors (Lipinski definition) is 0. The van der Waals surface area contributed by atoms with Crippen LogP contribution in [0.5, 0.6) is 0 Å². The Morgan fingerprint density at radius 2 is 1.70 bits per heavy atom. The standard InChI is InChI=1S/C38H56O6/c1-23(21-41-25(3)39)12-13-33-24(2)36-35(44-33)20-31-29-19-34(43-26(4)40)32-18-28(42-22-27-10-8-7-9-11-27)14-16-37(32,5)30(29)15-17-38(31,36)6/h7-11,23-24,28-36H,12-22H2,1-6H3/t23-,24-,28+,29-,30+,31+,32-,33-,34+,35+,36+,37-,38+/m1/s1. The predicted molar refractivity (Wildman–Crippen MR) is 169 cm³/mol. The van der Waals surface area contributed by atoms with Gasteiger partial charge in [-0.2, -0.15) is 0 Å². The molecule has 4 aliphatic carbocycles. The number of ether oxygens (including phenoxy) is 4. The van der Waals surface area contributed by atoms with Gasteiger partial charge in [0.15, 0.2) is 0 Å². The van der Waals surface area contributed by atoms with Gasteiger partial charge in [-0.25, -0.2) is 0 Å². The first-order valence-corrected chi connectivity index (χ1v) is 17.6. The minimum Gasteiger partial charge on any atom is -0.466 e. The van der Waals surface area contributed by atoms with Crippen LogP contribution in [0, 0.1) is 52.3 Å². The van der Waals surface area contributed by atoms with Gasteiger partial charge >= 0.3 is 11.9 Å². The van der Waals surface area contributed by atoms with Gasteiger partial charge in [0, 0.05) is 19.8 Å². The average Bonchev–Trinajstić information content (AvgIpc) is 3.47. The summed E-state index contributed by atoms with van der Waals surface area (Å²) >= 11 is 0. The normalized spacial score (nSPS) is 43.2. The van der Waals surface area contributed by atoms with E-state index < -0.39 is 0 Å². The summed E-state index contributed by atoms with van der Waals surface area (Å²) in [6.07, 6.45) is 10.7. The first-order valence-electron chi connectivity index (χ1n) is 17.6. The van der Waals surface area contributed by atoms with E-state index in [1.807, 2.05) is 6.07 Å². The molecule has 5 fully saturated rings. The van der Waals surface area contributed by atoms with Crippen LogP contribution >= 0.6 is 0 Å². The van der Waals surface area contributed by atoms with Gasteiger partial charge in [-0.05, 0) is 110 Å². The van der Waals surface area contributed by atoms with Crippen LogP contribution in [0.3, 0.4) is 0 Å². The summed E-state index contributed by atoms with van der Waals surface area (Å²) < 4.78 is 24.9. The highest BCUT2D eigenvalue weighted by Gasteiger charge is 2.67. The molecule has 1 heterocycles. The first-order chi connectivity index (χ1) is 21.0. The summed E-state index contributed by atoms with van der Waals surface area (Å²) in [6, 6.07) is 10.5. The minimum atomic E-state index is -0.199. The van der Waals surface area contributed by atoms with E-state index in [0.717, 1.165) is 44.9 Å². The van der Waals surface area contributed by atoms with Crippen molar-refractivity contribution in [2.75, 3.05) is 6.61 Å². The maximum absolute atomic E-state index is 12.5. The second-order valence-electron chi connectivity index (χ2n) is 15.9. The Kier molecular flexibility index (Phi) is 9.25. The lowest BCUT2D eigenvalue weighted by Crippen LogP contribution is -2.59. The Labute approximate surface area is 265 Å². The third-order valence-electron chi connectivity index (χ3n) is 13.4. The van der Waals surface area contributed by atoms with Crippen molar-refractivity contribution in [3.05, 3.63) is 35.9 Å². The van der Waals surface area contributed by atoms with Crippen molar-refractivity contribution in [2.45, 2.75) is 130 Å². The molecule has 5 aliphatic rings. The monoisotopic (exact) mass is 608 g/mol. The van der Waals surface area contributed by atoms with Gasteiger partial charge in [-0.15, -0.1) is 0 Å².